The van der Waals surface area contributed by atoms with E-state index < -0.39 is 0 Å². The molecule has 8 heteroatoms. The molecular weight excluding hydrogens is 294 g/mol. The van der Waals surface area contributed by atoms with Crippen molar-refractivity contribution in [3.05, 3.63) is 35.7 Å². The quantitative estimate of drug-likeness (QED) is 0.757. The third-order valence-corrected chi connectivity index (χ3v) is 4.15. The monoisotopic (exact) mass is 311 g/mol. The molecule has 8 nitrogen and oxygen atoms in total. The topological polar surface area (TPSA) is 101 Å². The summed E-state index contributed by atoms with van der Waals surface area (Å²) in [5, 5.41) is 19.1. The molecule has 2 N–H and O–H groups in total. The van der Waals surface area contributed by atoms with Gasteiger partial charge in [0.05, 0.1) is 12.2 Å². The summed E-state index contributed by atoms with van der Waals surface area (Å²) < 4.78 is 1.94. The Morgan fingerprint density at radius 3 is 3.22 bits per heavy atom. The highest BCUT2D eigenvalue weighted by atomic mass is 16.2. The minimum absolute atomic E-state index is 0.211. The SMILES string of the molecule is O=C(NCc1[nH]nc2ncccc12)c1nnc2n1CCCCC2. The third kappa shape index (κ3) is 2.56. The number of nitrogens with zero attached hydrogens (tertiary/aromatic N) is 5. The normalized spacial score (nSPS) is 14.4. The summed E-state index contributed by atoms with van der Waals surface area (Å²) in [6.45, 7) is 1.16. The van der Waals surface area contributed by atoms with Crippen molar-refractivity contribution in [1.29, 1.82) is 0 Å². The average molecular weight is 311 g/mol. The maximum absolute atomic E-state index is 12.4. The Hall–Kier alpha value is -2.77. The van der Waals surface area contributed by atoms with Crippen LogP contribution in [0.25, 0.3) is 11.0 Å². The molecule has 1 aliphatic rings. The number of fused-ring (bicyclic) bond motifs is 2. The number of aromatic nitrogens is 6. The van der Waals surface area contributed by atoms with Gasteiger partial charge in [0.2, 0.25) is 5.82 Å². The minimum Gasteiger partial charge on any atom is -0.344 e. The smallest absolute Gasteiger partial charge is 0.289 e. The van der Waals surface area contributed by atoms with Crippen LogP contribution in [0.1, 0.15) is 41.4 Å². The predicted molar refractivity (Wildman–Crippen MR) is 82.6 cm³/mol. The lowest BCUT2D eigenvalue weighted by molar-refractivity contribution is 0.0935. The number of nitrogens with one attached hydrogen (secondary N) is 2. The molecule has 0 bridgehead atoms. The summed E-state index contributed by atoms with van der Waals surface area (Å²) in [7, 11) is 0. The molecular formula is C15H17N7O. The van der Waals surface area contributed by atoms with Crippen LogP contribution in [0.2, 0.25) is 0 Å². The summed E-state index contributed by atoms with van der Waals surface area (Å²) in [5.41, 5.74) is 1.48. The van der Waals surface area contributed by atoms with Gasteiger partial charge in [-0.1, -0.05) is 6.42 Å². The maximum atomic E-state index is 12.4. The van der Waals surface area contributed by atoms with Crippen LogP contribution in [0.5, 0.6) is 0 Å². The van der Waals surface area contributed by atoms with E-state index >= 15 is 0 Å². The largest absolute Gasteiger partial charge is 0.344 e. The van der Waals surface area contributed by atoms with E-state index in [2.05, 4.69) is 30.7 Å². The molecule has 3 aromatic rings. The first kappa shape index (κ1) is 13.9. The number of aryl methyl sites for hydroxylation is 1. The number of H-pyrrole nitrogens is 1. The van der Waals surface area contributed by atoms with Gasteiger partial charge in [-0.2, -0.15) is 5.10 Å². The fraction of sp³-hybridized carbons (Fsp3) is 0.400. The van der Waals surface area contributed by atoms with Crippen molar-refractivity contribution >= 4 is 16.9 Å². The van der Waals surface area contributed by atoms with Crippen molar-refractivity contribution in [2.75, 3.05) is 0 Å². The summed E-state index contributed by atoms with van der Waals surface area (Å²) in [6.07, 6.45) is 5.90. The minimum atomic E-state index is -0.211. The number of pyridine rings is 1. The molecule has 0 spiro atoms. The molecule has 0 saturated heterocycles. The highest BCUT2D eigenvalue weighted by molar-refractivity contribution is 5.91. The Morgan fingerprint density at radius 2 is 2.26 bits per heavy atom. The van der Waals surface area contributed by atoms with Gasteiger partial charge in [0.25, 0.3) is 5.91 Å². The molecule has 0 aliphatic carbocycles. The van der Waals surface area contributed by atoms with E-state index in [1.165, 1.54) is 0 Å². The van der Waals surface area contributed by atoms with Gasteiger partial charge in [-0.15, -0.1) is 10.2 Å². The van der Waals surface area contributed by atoms with E-state index in [0.29, 0.717) is 18.0 Å². The molecule has 0 aromatic carbocycles. The van der Waals surface area contributed by atoms with Crippen LogP contribution in [-0.4, -0.2) is 35.9 Å². The van der Waals surface area contributed by atoms with Crippen LogP contribution in [0.3, 0.4) is 0 Å². The number of rotatable bonds is 3. The highest BCUT2D eigenvalue weighted by Gasteiger charge is 2.20. The second-order valence-corrected chi connectivity index (χ2v) is 5.66. The van der Waals surface area contributed by atoms with Crippen molar-refractivity contribution in [3.8, 4) is 0 Å². The van der Waals surface area contributed by atoms with Gasteiger partial charge >= 0.3 is 0 Å². The van der Waals surface area contributed by atoms with Gasteiger partial charge in [-0.25, -0.2) is 4.98 Å². The molecule has 118 valence electrons. The fourth-order valence-electron chi connectivity index (χ4n) is 2.94. The van der Waals surface area contributed by atoms with Crippen LogP contribution in [0.15, 0.2) is 18.3 Å². The van der Waals surface area contributed by atoms with Crippen molar-refractivity contribution in [3.63, 3.8) is 0 Å². The molecule has 3 aromatic heterocycles. The molecule has 0 fully saturated rings. The van der Waals surface area contributed by atoms with Crippen LogP contribution in [0.4, 0.5) is 0 Å². The standard InChI is InChI=1S/C15H17N7O/c23-15(14-21-19-12-6-2-1-3-8-22(12)14)17-9-11-10-5-4-7-16-13(10)20-18-11/h4-5,7H,1-3,6,8-9H2,(H,17,23)(H,16,18,20). The fourth-order valence-corrected chi connectivity index (χ4v) is 2.94. The first-order valence-electron chi connectivity index (χ1n) is 7.81. The van der Waals surface area contributed by atoms with Gasteiger partial charge in [0.1, 0.15) is 5.82 Å². The van der Waals surface area contributed by atoms with E-state index in [1.807, 2.05) is 16.7 Å². The second kappa shape index (κ2) is 5.79. The summed E-state index contributed by atoms with van der Waals surface area (Å²) in [6, 6.07) is 3.78. The lowest BCUT2D eigenvalue weighted by atomic mass is 10.2. The molecule has 4 rings (SSSR count). The Bertz CT molecular complexity index is 851. The number of aromatic amines is 1. The Balaban J connectivity index is 1.51. The highest BCUT2D eigenvalue weighted by Crippen LogP contribution is 2.15. The van der Waals surface area contributed by atoms with Gasteiger partial charge in [-0.3, -0.25) is 9.89 Å². The van der Waals surface area contributed by atoms with Gasteiger partial charge in [0, 0.05) is 24.5 Å². The predicted octanol–water partition coefficient (Wildman–Crippen LogP) is 1.21. The van der Waals surface area contributed by atoms with E-state index in [1.54, 1.807) is 6.20 Å². The maximum Gasteiger partial charge on any atom is 0.289 e. The van der Waals surface area contributed by atoms with Crippen LogP contribution in [-0.2, 0) is 19.5 Å². The molecule has 1 amide bonds. The van der Waals surface area contributed by atoms with Crippen LogP contribution in [0, 0.1) is 0 Å². The van der Waals surface area contributed by atoms with E-state index in [0.717, 1.165) is 49.1 Å². The van der Waals surface area contributed by atoms with Crippen LogP contribution >= 0.6 is 0 Å². The molecule has 4 heterocycles. The number of hydrogen-bond donors (Lipinski definition) is 2. The number of carbonyl (C=O) groups excluding carboxylic acids is 1. The van der Waals surface area contributed by atoms with E-state index in [4.69, 9.17) is 0 Å². The summed E-state index contributed by atoms with van der Waals surface area (Å²) >= 11 is 0. The van der Waals surface area contributed by atoms with Gasteiger partial charge < -0.3 is 9.88 Å². The van der Waals surface area contributed by atoms with Crippen molar-refractivity contribution in [1.82, 2.24) is 35.3 Å². The molecule has 0 radical (unpaired) electrons. The second-order valence-electron chi connectivity index (χ2n) is 5.66. The van der Waals surface area contributed by atoms with E-state index in [-0.39, 0.29) is 5.91 Å². The Kier molecular flexibility index (Phi) is 3.49. The molecule has 23 heavy (non-hydrogen) atoms. The van der Waals surface area contributed by atoms with Crippen LogP contribution < -0.4 is 5.32 Å². The zero-order valence-corrected chi connectivity index (χ0v) is 12.6. The van der Waals surface area contributed by atoms with Crippen molar-refractivity contribution in [2.24, 2.45) is 0 Å². The molecule has 0 saturated carbocycles. The summed E-state index contributed by atoms with van der Waals surface area (Å²) in [4.78, 5) is 16.6. The Morgan fingerprint density at radius 1 is 1.30 bits per heavy atom. The van der Waals surface area contributed by atoms with Gasteiger partial charge in [0.15, 0.2) is 5.65 Å². The molecule has 1 aliphatic heterocycles. The first-order chi connectivity index (χ1) is 11.3. The molecule has 0 atom stereocenters. The van der Waals surface area contributed by atoms with Crippen molar-refractivity contribution in [2.45, 2.75) is 38.8 Å². The zero-order chi connectivity index (χ0) is 15.6. The van der Waals surface area contributed by atoms with Gasteiger partial charge in [-0.05, 0) is 25.0 Å². The van der Waals surface area contributed by atoms with E-state index in [9.17, 15) is 4.79 Å². The zero-order valence-electron chi connectivity index (χ0n) is 12.6. The lowest BCUT2D eigenvalue weighted by Gasteiger charge is -2.07. The average Bonchev–Trinajstić information content (AvgIpc) is 3.10. The number of amides is 1. The summed E-state index contributed by atoms with van der Waals surface area (Å²) in [5.74, 6) is 1.09. The Labute approximate surface area is 132 Å². The number of hydrogen-bond acceptors (Lipinski definition) is 5. The third-order valence-electron chi connectivity index (χ3n) is 4.15. The lowest BCUT2D eigenvalue weighted by Crippen LogP contribution is -2.27. The number of carbonyl (C=O) groups is 1. The van der Waals surface area contributed by atoms with Crippen molar-refractivity contribution < 1.29 is 4.79 Å². The first-order valence-corrected chi connectivity index (χ1v) is 7.81. The molecule has 0 unspecified atom stereocenters.